The molecular formula is C22H33NO3. The van der Waals surface area contributed by atoms with Gasteiger partial charge in [0.15, 0.2) is 0 Å². The van der Waals surface area contributed by atoms with Gasteiger partial charge in [-0.15, -0.1) is 0 Å². The second-order valence-electron chi connectivity index (χ2n) is 11.1. The summed E-state index contributed by atoms with van der Waals surface area (Å²) >= 11 is 0. The summed E-state index contributed by atoms with van der Waals surface area (Å²) in [6, 6.07) is 0.868. The largest absolute Gasteiger partial charge is 0.481 e. The summed E-state index contributed by atoms with van der Waals surface area (Å²) in [7, 11) is 0. The molecule has 4 aliphatic carbocycles. The maximum Gasteiger partial charge on any atom is 0.303 e. The highest BCUT2D eigenvalue weighted by Gasteiger charge is 2.85. The zero-order chi connectivity index (χ0) is 18.1. The highest BCUT2D eigenvalue weighted by molar-refractivity contribution is 5.67. The molecule has 4 nitrogen and oxygen atoms in total. The van der Waals surface area contributed by atoms with Crippen molar-refractivity contribution in [1.29, 1.82) is 0 Å². The standard InChI is InChI=1S/C22H33NO3/c1-13-12-23-17-14-5-8-20(17)7-3-4-15(20)21(9-6-16(24)25)18(23)22(13,26)11-10-19(14,21)2/h13-15,17-18,26H,3-12H2,1-2H3,(H,24,25)/t13-,14+,15-,17?,18+,19+,20-,21+,22+/m1/s1. The lowest BCUT2D eigenvalue weighted by atomic mass is 9.33. The number of hydrogen-bond acceptors (Lipinski definition) is 3. The first-order valence-electron chi connectivity index (χ1n) is 11.0. The Morgan fingerprint density at radius 2 is 2.00 bits per heavy atom. The lowest BCUT2D eigenvalue weighted by Crippen LogP contribution is -2.81. The Hall–Kier alpha value is -0.610. The minimum atomic E-state index is -0.657. The average Bonchev–Trinajstić information content (AvgIpc) is 3.25. The predicted octanol–water partition coefficient (Wildman–Crippen LogP) is 3.28. The molecule has 3 heterocycles. The fourth-order valence-corrected chi connectivity index (χ4v) is 10.4. The van der Waals surface area contributed by atoms with E-state index in [-0.39, 0.29) is 23.3 Å². The number of rotatable bonds is 3. The van der Waals surface area contributed by atoms with Crippen LogP contribution < -0.4 is 0 Å². The van der Waals surface area contributed by atoms with E-state index in [0.29, 0.717) is 23.3 Å². The van der Waals surface area contributed by atoms with E-state index in [9.17, 15) is 15.0 Å². The van der Waals surface area contributed by atoms with Crippen LogP contribution in [0, 0.1) is 34.0 Å². The van der Waals surface area contributed by atoms with Crippen molar-refractivity contribution in [3.8, 4) is 0 Å². The number of nitrogens with zero attached hydrogens (tertiary/aromatic N) is 1. The van der Waals surface area contributed by atoms with Crippen LogP contribution in [-0.2, 0) is 4.79 Å². The molecule has 0 aromatic rings. The second kappa shape index (κ2) is 4.51. The van der Waals surface area contributed by atoms with Crippen LogP contribution in [0.4, 0.5) is 0 Å². The SMILES string of the molecule is C[C@@H]1CN2C3[C@@H]4CC[C@@]35CCC[C@H]5[C@@]3(CCC(=O)O)[C@H]2[C@]1(O)CC[C@@]43C. The molecule has 3 aliphatic heterocycles. The van der Waals surface area contributed by atoms with Crippen LogP contribution in [0.15, 0.2) is 0 Å². The van der Waals surface area contributed by atoms with Gasteiger partial charge in [0.2, 0.25) is 0 Å². The van der Waals surface area contributed by atoms with Gasteiger partial charge in [-0.05, 0) is 78.9 Å². The molecule has 26 heavy (non-hydrogen) atoms. The van der Waals surface area contributed by atoms with E-state index in [1.165, 1.54) is 32.1 Å². The number of carboxylic acid groups (broad SMARTS) is 1. The van der Waals surface area contributed by atoms with Crippen LogP contribution in [0.25, 0.3) is 0 Å². The molecule has 4 heteroatoms. The lowest BCUT2D eigenvalue weighted by Gasteiger charge is -2.77. The minimum Gasteiger partial charge on any atom is -0.481 e. The van der Waals surface area contributed by atoms with Gasteiger partial charge in [-0.25, -0.2) is 0 Å². The van der Waals surface area contributed by atoms with Crippen LogP contribution in [-0.4, -0.2) is 45.3 Å². The molecule has 6 bridgehead atoms. The van der Waals surface area contributed by atoms with Crippen molar-refractivity contribution in [1.82, 2.24) is 4.90 Å². The van der Waals surface area contributed by atoms with Gasteiger partial charge in [-0.3, -0.25) is 9.69 Å². The molecule has 0 radical (unpaired) electrons. The van der Waals surface area contributed by atoms with Gasteiger partial charge in [0, 0.05) is 25.0 Å². The third-order valence-electron chi connectivity index (χ3n) is 11.0. The maximum atomic E-state index is 11.9. The van der Waals surface area contributed by atoms with E-state index in [1.807, 2.05) is 0 Å². The molecule has 0 aromatic heterocycles. The Morgan fingerprint density at radius 1 is 1.19 bits per heavy atom. The van der Waals surface area contributed by atoms with Gasteiger partial charge in [-0.1, -0.05) is 20.3 Å². The third kappa shape index (κ3) is 1.37. The maximum absolute atomic E-state index is 11.9. The van der Waals surface area contributed by atoms with Crippen molar-refractivity contribution in [3.05, 3.63) is 0 Å². The van der Waals surface area contributed by atoms with Gasteiger partial charge in [0.1, 0.15) is 0 Å². The van der Waals surface area contributed by atoms with Gasteiger partial charge < -0.3 is 10.2 Å². The third-order valence-corrected chi connectivity index (χ3v) is 11.0. The van der Waals surface area contributed by atoms with E-state index >= 15 is 0 Å². The summed E-state index contributed by atoms with van der Waals surface area (Å²) in [4.78, 5) is 14.4. The first kappa shape index (κ1) is 16.4. The number of carbonyl (C=O) groups is 1. The molecule has 7 aliphatic rings. The quantitative estimate of drug-likeness (QED) is 0.812. The molecule has 2 N–H and O–H groups in total. The van der Waals surface area contributed by atoms with E-state index in [2.05, 4.69) is 18.7 Å². The summed E-state index contributed by atoms with van der Waals surface area (Å²) in [6.45, 7) is 5.79. The fraction of sp³-hybridized carbons (Fsp3) is 0.955. The predicted molar refractivity (Wildman–Crippen MR) is 97.5 cm³/mol. The summed E-state index contributed by atoms with van der Waals surface area (Å²) in [5.41, 5.74) is 0.0664. The number of aliphatic hydroxyl groups is 1. The zero-order valence-electron chi connectivity index (χ0n) is 16.2. The molecule has 4 saturated carbocycles. The van der Waals surface area contributed by atoms with Crippen molar-refractivity contribution in [2.75, 3.05) is 6.54 Å². The van der Waals surface area contributed by atoms with Crippen molar-refractivity contribution in [3.63, 3.8) is 0 Å². The number of hydrogen-bond donors (Lipinski definition) is 2. The Morgan fingerprint density at radius 3 is 2.77 bits per heavy atom. The van der Waals surface area contributed by atoms with Crippen molar-refractivity contribution >= 4 is 5.97 Å². The van der Waals surface area contributed by atoms with Gasteiger partial charge in [-0.2, -0.15) is 0 Å². The fourth-order valence-electron chi connectivity index (χ4n) is 10.4. The van der Waals surface area contributed by atoms with E-state index in [4.69, 9.17) is 0 Å². The second-order valence-corrected chi connectivity index (χ2v) is 11.1. The lowest BCUT2D eigenvalue weighted by molar-refractivity contribution is -0.308. The van der Waals surface area contributed by atoms with E-state index in [0.717, 1.165) is 31.7 Å². The molecule has 3 saturated heterocycles. The smallest absolute Gasteiger partial charge is 0.303 e. The zero-order valence-corrected chi connectivity index (χ0v) is 16.2. The van der Waals surface area contributed by atoms with Crippen LogP contribution in [0.3, 0.4) is 0 Å². The molecule has 144 valence electrons. The molecule has 0 amide bonds. The number of piperidine rings is 2. The van der Waals surface area contributed by atoms with Crippen LogP contribution in [0.5, 0.6) is 0 Å². The number of aliphatic carboxylic acids is 1. The van der Waals surface area contributed by atoms with Crippen molar-refractivity contribution in [2.45, 2.75) is 89.3 Å². The highest BCUT2D eigenvalue weighted by Crippen LogP contribution is 2.84. The summed E-state index contributed by atoms with van der Waals surface area (Å²) in [5, 5.41) is 21.5. The molecular weight excluding hydrogens is 326 g/mol. The molecule has 9 atom stereocenters. The molecule has 7 rings (SSSR count). The van der Waals surface area contributed by atoms with Gasteiger partial charge in [0.25, 0.3) is 0 Å². The van der Waals surface area contributed by atoms with Crippen LogP contribution in [0.2, 0.25) is 0 Å². The van der Waals surface area contributed by atoms with Crippen molar-refractivity contribution in [2.24, 2.45) is 34.0 Å². The summed E-state index contributed by atoms with van der Waals surface area (Å²) in [6.07, 6.45) is 9.70. The Labute approximate surface area is 156 Å². The highest BCUT2D eigenvalue weighted by atomic mass is 16.4. The topological polar surface area (TPSA) is 60.8 Å². The Balaban J connectivity index is 1.62. The average molecular weight is 360 g/mol. The first-order chi connectivity index (χ1) is 12.3. The molecule has 7 fully saturated rings. The molecule has 1 unspecified atom stereocenters. The Kier molecular flexibility index (Phi) is 2.84. The summed E-state index contributed by atoms with van der Waals surface area (Å²) < 4.78 is 0. The monoisotopic (exact) mass is 359 g/mol. The number of carboxylic acids is 1. The van der Waals surface area contributed by atoms with Crippen molar-refractivity contribution < 1.29 is 15.0 Å². The van der Waals surface area contributed by atoms with Crippen LogP contribution in [0.1, 0.15) is 71.6 Å². The van der Waals surface area contributed by atoms with Gasteiger partial charge in [0.05, 0.1) is 5.60 Å². The van der Waals surface area contributed by atoms with E-state index in [1.54, 1.807) is 0 Å². The summed E-state index contributed by atoms with van der Waals surface area (Å²) in [5.74, 6) is 1.02. The van der Waals surface area contributed by atoms with Crippen LogP contribution >= 0.6 is 0 Å². The first-order valence-corrected chi connectivity index (χ1v) is 11.0. The van der Waals surface area contributed by atoms with E-state index < -0.39 is 11.6 Å². The van der Waals surface area contributed by atoms with Gasteiger partial charge >= 0.3 is 5.97 Å². The molecule has 1 spiro atoms. The Bertz CT molecular complexity index is 695. The molecule has 0 aromatic carbocycles. The normalized spacial score (nSPS) is 61.9. The minimum absolute atomic E-state index is 0.00949.